The smallest absolute Gasteiger partial charge is 0.318 e. The monoisotopic (exact) mass is 596 g/mol. The number of Topliss-reactive ketones (excluding diaryl/α,β-unsaturated/α-hetero) is 1. The van der Waals surface area contributed by atoms with E-state index in [0.717, 1.165) is 19.3 Å². The molecule has 41 heavy (non-hydrogen) atoms. The number of nitrogens with one attached hydrogen (secondary N) is 1. The van der Waals surface area contributed by atoms with Crippen LogP contribution in [0.15, 0.2) is 12.7 Å². The third-order valence-corrected chi connectivity index (χ3v) is 13.2. The Morgan fingerprint density at radius 1 is 1.29 bits per heavy atom. The first kappa shape index (κ1) is 33.9. The van der Waals surface area contributed by atoms with Crippen LogP contribution < -0.4 is 11.1 Å². The van der Waals surface area contributed by atoms with Gasteiger partial charge in [-0.15, -0.1) is 6.58 Å². The van der Waals surface area contributed by atoms with E-state index in [2.05, 4.69) is 32.7 Å². The number of rotatable bonds is 10. The summed E-state index contributed by atoms with van der Waals surface area (Å²) in [6.45, 7) is 17.0. The number of esters is 1. The van der Waals surface area contributed by atoms with Gasteiger partial charge in [0.1, 0.15) is 17.6 Å². The van der Waals surface area contributed by atoms with E-state index < -0.39 is 62.4 Å². The molecule has 9 nitrogen and oxygen atoms in total. The van der Waals surface area contributed by atoms with Crippen LogP contribution in [0, 0.1) is 39.9 Å². The first-order chi connectivity index (χ1) is 18.9. The summed E-state index contributed by atoms with van der Waals surface area (Å²) in [6.07, 6.45) is 3.50. The fraction of sp³-hybridized carbons (Fsp3) is 0.839. The molecule has 0 aromatic rings. The largest absolute Gasteiger partial charge is 0.461 e. The van der Waals surface area contributed by atoms with Gasteiger partial charge < -0.3 is 26.0 Å². The van der Waals surface area contributed by atoms with Gasteiger partial charge in [-0.3, -0.25) is 18.6 Å². The molecule has 0 spiro atoms. The second-order valence-electron chi connectivity index (χ2n) is 14.2. The Labute approximate surface area is 247 Å². The van der Waals surface area contributed by atoms with Gasteiger partial charge in [0.15, 0.2) is 0 Å². The van der Waals surface area contributed by atoms with Crippen LogP contribution in [0.5, 0.6) is 0 Å². The Kier molecular flexibility index (Phi) is 10.1. The van der Waals surface area contributed by atoms with Crippen LogP contribution in [0.1, 0.15) is 80.6 Å². The van der Waals surface area contributed by atoms with Gasteiger partial charge in [-0.05, 0) is 56.8 Å². The highest BCUT2D eigenvalue weighted by atomic mass is 32.2. The average molecular weight is 597 g/mol. The normalized spacial score (nSPS) is 39.5. The summed E-state index contributed by atoms with van der Waals surface area (Å²) in [7, 11) is -1.71. The first-order valence-corrected chi connectivity index (χ1v) is 16.3. The number of ketones is 1. The van der Waals surface area contributed by atoms with Crippen LogP contribution in [-0.2, 0) is 29.9 Å². The molecule has 3 aliphatic rings. The van der Waals surface area contributed by atoms with E-state index in [4.69, 9.17) is 10.5 Å². The van der Waals surface area contributed by atoms with Crippen molar-refractivity contribution in [1.29, 1.82) is 0 Å². The third kappa shape index (κ3) is 5.95. The maximum atomic E-state index is 13.5. The van der Waals surface area contributed by atoms with Crippen molar-refractivity contribution in [2.45, 2.75) is 104 Å². The summed E-state index contributed by atoms with van der Waals surface area (Å²) >= 11 is 0. The van der Waals surface area contributed by atoms with Gasteiger partial charge in [0.2, 0.25) is 5.91 Å². The van der Waals surface area contributed by atoms with Crippen molar-refractivity contribution in [2.24, 2.45) is 45.7 Å². The molecule has 2 bridgehead atoms. The highest BCUT2D eigenvalue weighted by Crippen LogP contribution is 2.68. The quantitative estimate of drug-likeness (QED) is 0.221. The van der Waals surface area contributed by atoms with E-state index in [0.29, 0.717) is 12.8 Å². The van der Waals surface area contributed by atoms with E-state index in [1.165, 1.54) is 0 Å². The predicted molar refractivity (Wildman–Crippen MR) is 159 cm³/mol. The molecular weight excluding hydrogens is 544 g/mol. The van der Waals surface area contributed by atoms with Gasteiger partial charge in [-0.1, -0.05) is 40.7 Å². The lowest BCUT2D eigenvalue weighted by atomic mass is 9.44. The van der Waals surface area contributed by atoms with Crippen molar-refractivity contribution >= 4 is 28.5 Å². The van der Waals surface area contributed by atoms with Gasteiger partial charge in [0, 0.05) is 53.0 Å². The number of hydrogen-bond acceptors (Lipinski definition) is 8. The zero-order valence-corrected chi connectivity index (χ0v) is 26.7. The molecule has 234 valence electrons. The molecule has 0 heterocycles. The second kappa shape index (κ2) is 12.2. The van der Waals surface area contributed by atoms with Crippen molar-refractivity contribution in [2.75, 3.05) is 18.9 Å². The maximum absolute atomic E-state index is 13.5. The molecule has 0 aromatic carbocycles. The van der Waals surface area contributed by atoms with Crippen molar-refractivity contribution < 1.29 is 33.5 Å². The van der Waals surface area contributed by atoms with Crippen LogP contribution in [0.3, 0.4) is 0 Å². The Bertz CT molecular complexity index is 1070. The van der Waals surface area contributed by atoms with Crippen LogP contribution in [0.25, 0.3) is 0 Å². The lowest BCUT2D eigenvalue weighted by Gasteiger charge is -2.61. The van der Waals surface area contributed by atoms with Gasteiger partial charge in [0.25, 0.3) is 0 Å². The molecular formula is C31H52N2O7S. The number of hydrogen-bond donors (Lipinski definition) is 4. The number of ether oxygens (including phenoxy) is 1. The summed E-state index contributed by atoms with van der Waals surface area (Å²) < 4.78 is 18.6. The number of nitrogens with two attached hydrogens (primary N) is 1. The molecule has 11 atom stereocenters. The molecule has 3 fully saturated rings. The molecule has 0 aromatic heterocycles. The number of aliphatic hydroxyl groups excluding tert-OH is 2. The molecule has 3 aliphatic carbocycles. The first-order valence-electron chi connectivity index (χ1n) is 15.0. The topological polar surface area (TPSA) is 156 Å². The zero-order chi connectivity index (χ0) is 31.1. The van der Waals surface area contributed by atoms with E-state index in [1.54, 1.807) is 26.8 Å². The van der Waals surface area contributed by atoms with Crippen LogP contribution in [0.4, 0.5) is 0 Å². The Morgan fingerprint density at radius 2 is 1.93 bits per heavy atom. The number of carbonyl (C=O) groups excluding carboxylic acids is 3. The standard InChI is InChI=1S/C31H52N2O7S/c1-9-29(7)14-22(30(8)19(3)10-12-31(20(4)26(29)37)13-11-21(35)25(30)31)40-23(36)16-41(39)28(5,6)17-33-27(38)24(32)18(2)15-34/h9,18-20,22,24-26,34,37H,1,10-17,32H2,2-8H3,(H,33,38)/t18?,19-,20+,22-,24-,25+,26+,29-,30+,31+,41?/m1/s1. The maximum Gasteiger partial charge on any atom is 0.318 e. The zero-order valence-electron chi connectivity index (χ0n) is 25.9. The van der Waals surface area contributed by atoms with Crippen molar-refractivity contribution in [3.05, 3.63) is 12.7 Å². The Hall–Kier alpha value is -1.62. The number of carbonyl (C=O) groups is 3. The van der Waals surface area contributed by atoms with Gasteiger partial charge >= 0.3 is 5.97 Å². The number of amides is 1. The minimum atomic E-state index is -1.71. The molecule has 0 radical (unpaired) electrons. The lowest BCUT2D eigenvalue weighted by molar-refractivity contribution is -0.205. The summed E-state index contributed by atoms with van der Waals surface area (Å²) in [5.74, 6) is -2.09. The summed E-state index contributed by atoms with van der Waals surface area (Å²) in [5.41, 5.74) is 4.11. The van der Waals surface area contributed by atoms with E-state index in [1.807, 2.05) is 6.92 Å². The van der Waals surface area contributed by atoms with Crippen LogP contribution >= 0.6 is 0 Å². The van der Waals surface area contributed by atoms with Crippen molar-refractivity contribution in [3.8, 4) is 0 Å². The van der Waals surface area contributed by atoms with Gasteiger partial charge in [-0.2, -0.15) is 0 Å². The minimum absolute atomic E-state index is 0.0213. The fourth-order valence-electron chi connectivity index (χ4n) is 7.87. The van der Waals surface area contributed by atoms with Crippen LogP contribution in [-0.4, -0.2) is 74.0 Å². The van der Waals surface area contributed by atoms with E-state index in [-0.39, 0.29) is 47.9 Å². The Balaban J connectivity index is 1.85. The van der Waals surface area contributed by atoms with Crippen molar-refractivity contribution in [3.63, 3.8) is 0 Å². The minimum Gasteiger partial charge on any atom is -0.461 e. The molecule has 5 N–H and O–H groups in total. The average Bonchev–Trinajstić information content (AvgIpc) is 3.28. The lowest BCUT2D eigenvalue weighted by Crippen LogP contribution is -2.63. The van der Waals surface area contributed by atoms with Gasteiger partial charge in [-0.25, -0.2) is 0 Å². The predicted octanol–water partition coefficient (Wildman–Crippen LogP) is 2.49. The Morgan fingerprint density at radius 3 is 2.51 bits per heavy atom. The molecule has 1 amide bonds. The molecule has 2 unspecified atom stereocenters. The summed E-state index contributed by atoms with van der Waals surface area (Å²) in [4.78, 5) is 39.4. The molecule has 0 aliphatic heterocycles. The highest BCUT2D eigenvalue weighted by Gasteiger charge is 2.68. The summed E-state index contributed by atoms with van der Waals surface area (Å²) in [6, 6.07) is -0.908. The molecule has 3 rings (SSSR count). The number of aliphatic hydroxyl groups is 2. The SMILES string of the molecule is C=C[C@]1(C)C[C@@H](OC(=O)CS(=O)C(C)(C)CNC(=O)[C@H](N)C(C)CO)[C@]2(C)[C@H](C)CC[C@]3(CCC(=O)[C@H]32)[C@@H](C)[C@@H]1O. The molecule has 3 saturated carbocycles. The molecule has 0 saturated heterocycles. The second-order valence-corrected chi connectivity index (χ2v) is 16.3. The molecule has 10 heteroatoms. The van der Waals surface area contributed by atoms with Crippen LogP contribution in [0.2, 0.25) is 0 Å². The fourth-order valence-corrected chi connectivity index (χ4v) is 8.77. The van der Waals surface area contributed by atoms with E-state index in [9.17, 15) is 28.8 Å². The van der Waals surface area contributed by atoms with E-state index >= 15 is 0 Å². The summed E-state index contributed by atoms with van der Waals surface area (Å²) in [5, 5.41) is 23.6. The highest BCUT2D eigenvalue weighted by molar-refractivity contribution is 7.87. The van der Waals surface area contributed by atoms with Gasteiger partial charge in [0.05, 0.1) is 16.9 Å². The third-order valence-electron chi connectivity index (χ3n) is 11.3. The van der Waals surface area contributed by atoms with Crippen molar-refractivity contribution in [1.82, 2.24) is 5.32 Å².